The van der Waals surface area contributed by atoms with Crippen LogP contribution in [0.15, 0.2) is 39.7 Å². The van der Waals surface area contributed by atoms with Crippen molar-refractivity contribution in [3.05, 3.63) is 51.2 Å². The first kappa shape index (κ1) is 16.1. The quantitative estimate of drug-likeness (QED) is 0.776. The highest BCUT2D eigenvalue weighted by Crippen LogP contribution is 2.32. The number of hydrogen-bond donors (Lipinski definition) is 2. The SMILES string of the molecule is Cc1ccc(NS(=O)(=O)c2cc(Cl)cc(N)c2Br)cc1F. The predicted molar refractivity (Wildman–Crippen MR) is 85.5 cm³/mol. The van der Waals surface area contributed by atoms with Crippen LogP contribution < -0.4 is 10.5 Å². The summed E-state index contributed by atoms with van der Waals surface area (Å²) in [6, 6.07) is 6.74. The highest BCUT2D eigenvalue weighted by Gasteiger charge is 2.20. The topological polar surface area (TPSA) is 72.2 Å². The van der Waals surface area contributed by atoms with Gasteiger partial charge in [0.2, 0.25) is 0 Å². The van der Waals surface area contributed by atoms with Gasteiger partial charge in [-0.3, -0.25) is 4.72 Å². The van der Waals surface area contributed by atoms with E-state index < -0.39 is 15.8 Å². The van der Waals surface area contributed by atoms with Gasteiger partial charge in [0, 0.05) is 10.7 Å². The van der Waals surface area contributed by atoms with Gasteiger partial charge in [0.05, 0.1) is 10.2 Å². The first-order valence-electron chi connectivity index (χ1n) is 5.74. The molecule has 0 aliphatic heterocycles. The van der Waals surface area contributed by atoms with Crippen molar-refractivity contribution in [2.75, 3.05) is 10.5 Å². The van der Waals surface area contributed by atoms with Crippen molar-refractivity contribution in [1.29, 1.82) is 0 Å². The van der Waals surface area contributed by atoms with Gasteiger partial charge in [-0.05, 0) is 52.7 Å². The lowest BCUT2D eigenvalue weighted by Crippen LogP contribution is -2.14. The Balaban J connectivity index is 2.45. The van der Waals surface area contributed by atoms with E-state index in [-0.39, 0.29) is 25.8 Å². The number of rotatable bonds is 3. The summed E-state index contributed by atoms with van der Waals surface area (Å²) in [5.41, 5.74) is 6.40. The van der Waals surface area contributed by atoms with Gasteiger partial charge in [-0.15, -0.1) is 0 Å². The highest BCUT2D eigenvalue weighted by atomic mass is 79.9. The van der Waals surface area contributed by atoms with E-state index in [2.05, 4.69) is 20.7 Å². The molecule has 0 aliphatic rings. The number of anilines is 2. The molecule has 2 aromatic rings. The standard InChI is InChI=1S/C13H11BrClFN2O2S/c1-7-2-3-9(6-10(7)16)18-21(19,20)12-5-8(15)4-11(17)13(12)14/h2-6,18H,17H2,1H3. The molecule has 112 valence electrons. The summed E-state index contributed by atoms with van der Waals surface area (Å²) >= 11 is 8.94. The number of halogens is 3. The Bertz CT molecular complexity index is 812. The molecular formula is C13H11BrClFN2O2S. The largest absolute Gasteiger partial charge is 0.398 e. The first-order valence-corrected chi connectivity index (χ1v) is 8.39. The number of nitrogen functional groups attached to an aromatic ring is 1. The van der Waals surface area contributed by atoms with E-state index in [0.29, 0.717) is 5.56 Å². The zero-order valence-corrected chi connectivity index (χ0v) is 14.0. The second-order valence-electron chi connectivity index (χ2n) is 4.38. The highest BCUT2D eigenvalue weighted by molar-refractivity contribution is 9.10. The minimum absolute atomic E-state index is 0.114. The van der Waals surface area contributed by atoms with Crippen LogP contribution in [0.2, 0.25) is 5.02 Å². The Labute approximate surface area is 135 Å². The number of nitrogens with two attached hydrogens (primary N) is 1. The molecule has 21 heavy (non-hydrogen) atoms. The van der Waals surface area contributed by atoms with Gasteiger partial charge < -0.3 is 5.73 Å². The molecule has 0 spiro atoms. The molecule has 0 aliphatic carbocycles. The van der Waals surface area contributed by atoms with Gasteiger partial charge in [-0.2, -0.15) is 0 Å². The van der Waals surface area contributed by atoms with Gasteiger partial charge in [0.15, 0.2) is 0 Å². The lowest BCUT2D eigenvalue weighted by Gasteiger charge is -2.12. The third-order valence-electron chi connectivity index (χ3n) is 2.75. The Morgan fingerprint density at radius 1 is 1.29 bits per heavy atom. The van der Waals surface area contributed by atoms with Gasteiger partial charge in [0.1, 0.15) is 10.7 Å². The van der Waals surface area contributed by atoms with Crippen LogP contribution in [0.1, 0.15) is 5.56 Å². The van der Waals surface area contributed by atoms with Gasteiger partial charge >= 0.3 is 0 Å². The molecular weight excluding hydrogens is 383 g/mol. The van der Waals surface area contributed by atoms with Crippen molar-refractivity contribution in [1.82, 2.24) is 0 Å². The van der Waals surface area contributed by atoms with E-state index in [1.807, 2.05) is 0 Å². The molecule has 0 radical (unpaired) electrons. The van der Waals surface area contributed by atoms with E-state index in [0.717, 1.165) is 6.07 Å². The van der Waals surface area contributed by atoms with Crippen LogP contribution >= 0.6 is 27.5 Å². The van der Waals surface area contributed by atoms with Gasteiger partial charge in [-0.25, -0.2) is 12.8 Å². The maximum Gasteiger partial charge on any atom is 0.263 e. The van der Waals surface area contributed by atoms with Crippen molar-refractivity contribution in [3.8, 4) is 0 Å². The molecule has 2 rings (SSSR count). The summed E-state index contributed by atoms with van der Waals surface area (Å²) in [6.07, 6.45) is 0. The number of hydrogen-bond acceptors (Lipinski definition) is 3. The molecule has 0 fully saturated rings. The maximum absolute atomic E-state index is 13.5. The van der Waals surface area contributed by atoms with Crippen LogP contribution in [0, 0.1) is 12.7 Å². The molecule has 3 N–H and O–H groups in total. The Morgan fingerprint density at radius 2 is 1.95 bits per heavy atom. The third-order valence-corrected chi connectivity index (χ3v) is 5.52. The van der Waals surface area contributed by atoms with Crippen LogP contribution in [0.4, 0.5) is 15.8 Å². The minimum atomic E-state index is -3.95. The maximum atomic E-state index is 13.5. The van der Waals surface area contributed by atoms with Crippen molar-refractivity contribution in [2.24, 2.45) is 0 Å². The fourth-order valence-corrected chi connectivity index (χ4v) is 3.99. The smallest absolute Gasteiger partial charge is 0.263 e. The summed E-state index contributed by atoms with van der Waals surface area (Å²) in [5, 5.41) is 0.186. The second-order valence-corrected chi connectivity index (χ2v) is 7.26. The number of benzene rings is 2. The molecule has 0 unspecified atom stereocenters. The summed E-state index contributed by atoms with van der Waals surface area (Å²) in [7, 11) is -3.95. The molecule has 4 nitrogen and oxygen atoms in total. The number of sulfonamides is 1. The summed E-state index contributed by atoms with van der Waals surface area (Å²) in [4.78, 5) is -0.117. The Hall–Kier alpha value is -1.31. The van der Waals surface area contributed by atoms with E-state index >= 15 is 0 Å². The molecule has 0 saturated carbocycles. The summed E-state index contributed by atoms with van der Waals surface area (Å²) in [6.45, 7) is 1.59. The molecule has 0 saturated heterocycles. The summed E-state index contributed by atoms with van der Waals surface area (Å²) < 4.78 is 40.7. The minimum Gasteiger partial charge on any atom is -0.398 e. The average Bonchev–Trinajstić information content (AvgIpc) is 2.37. The number of aryl methyl sites for hydroxylation is 1. The van der Waals surface area contributed by atoms with E-state index in [4.69, 9.17) is 17.3 Å². The molecule has 0 amide bonds. The van der Waals surface area contributed by atoms with Crippen LogP contribution in [-0.4, -0.2) is 8.42 Å². The van der Waals surface area contributed by atoms with Crippen molar-refractivity contribution in [2.45, 2.75) is 11.8 Å². The zero-order chi connectivity index (χ0) is 15.8. The normalized spacial score (nSPS) is 11.4. The molecule has 0 heterocycles. The number of nitrogens with one attached hydrogen (secondary N) is 1. The van der Waals surface area contributed by atoms with Crippen molar-refractivity contribution in [3.63, 3.8) is 0 Å². The van der Waals surface area contributed by atoms with Crippen LogP contribution in [0.5, 0.6) is 0 Å². The lowest BCUT2D eigenvalue weighted by atomic mass is 10.2. The van der Waals surface area contributed by atoms with Crippen molar-refractivity contribution < 1.29 is 12.8 Å². The lowest BCUT2D eigenvalue weighted by molar-refractivity contribution is 0.600. The van der Waals surface area contributed by atoms with Crippen LogP contribution in [0.3, 0.4) is 0 Å². The molecule has 0 aromatic heterocycles. The molecule has 0 atom stereocenters. The first-order chi connectivity index (χ1) is 9.70. The summed E-state index contributed by atoms with van der Waals surface area (Å²) in [5.74, 6) is -0.500. The average molecular weight is 394 g/mol. The molecule has 0 bridgehead atoms. The molecule has 2 aromatic carbocycles. The van der Waals surface area contributed by atoms with Gasteiger partial charge in [0.25, 0.3) is 10.0 Å². The van der Waals surface area contributed by atoms with E-state index in [1.165, 1.54) is 24.3 Å². The monoisotopic (exact) mass is 392 g/mol. The second kappa shape index (κ2) is 5.82. The predicted octanol–water partition coefficient (Wildman–Crippen LogP) is 3.93. The van der Waals surface area contributed by atoms with Crippen LogP contribution in [0.25, 0.3) is 0 Å². The fourth-order valence-electron chi connectivity index (χ4n) is 1.65. The Kier molecular flexibility index (Phi) is 4.46. The van der Waals surface area contributed by atoms with Gasteiger partial charge in [-0.1, -0.05) is 17.7 Å². The third kappa shape index (κ3) is 3.48. The molecule has 8 heteroatoms. The fraction of sp³-hybridized carbons (Fsp3) is 0.0769. The van der Waals surface area contributed by atoms with Crippen molar-refractivity contribution >= 4 is 48.9 Å². The van der Waals surface area contributed by atoms with E-state index in [1.54, 1.807) is 6.92 Å². The van der Waals surface area contributed by atoms with Crippen LogP contribution in [-0.2, 0) is 10.0 Å². The van der Waals surface area contributed by atoms with E-state index in [9.17, 15) is 12.8 Å². The Morgan fingerprint density at radius 3 is 2.57 bits per heavy atom. The zero-order valence-electron chi connectivity index (χ0n) is 10.8.